The molecule has 0 bridgehead atoms. The van der Waals surface area contributed by atoms with E-state index in [2.05, 4.69) is 15.2 Å². The van der Waals surface area contributed by atoms with Crippen LogP contribution in [-0.2, 0) is 9.47 Å². The van der Waals surface area contributed by atoms with Gasteiger partial charge in [0.05, 0.1) is 17.6 Å². The third-order valence-electron chi connectivity index (χ3n) is 2.49. The second-order valence-corrected chi connectivity index (χ2v) is 3.84. The minimum absolute atomic E-state index is 0.395. The first-order chi connectivity index (χ1) is 9.24. The smallest absolute Gasteiger partial charge is 0.200 e. The Hall–Kier alpha value is -1.79. The number of nitrogens with zero attached hydrogens (tertiary/aromatic N) is 2. The number of H-pyrrole nitrogens is 1. The summed E-state index contributed by atoms with van der Waals surface area (Å²) < 4.78 is 24.0. The first-order valence-electron chi connectivity index (χ1n) is 6.14. The van der Waals surface area contributed by atoms with Gasteiger partial charge in [0.25, 0.3) is 0 Å². The highest BCUT2D eigenvalue weighted by atomic mass is 19.1. The molecule has 0 saturated carbocycles. The van der Waals surface area contributed by atoms with Gasteiger partial charge in [0.1, 0.15) is 5.82 Å². The van der Waals surface area contributed by atoms with Crippen molar-refractivity contribution in [3.05, 3.63) is 36.0 Å². The Balaban J connectivity index is 2.22. The van der Waals surface area contributed by atoms with Gasteiger partial charge < -0.3 is 9.47 Å². The maximum atomic E-state index is 13.1. The molecule has 0 saturated heterocycles. The fourth-order valence-electron chi connectivity index (χ4n) is 1.69. The van der Waals surface area contributed by atoms with Crippen molar-refractivity contribution >= 4 is 0 Å². The minimum atomic E-state index is -0.488. The van der Waals surface area contributed by atoms with Crippen molar-refractivity contribution in [1.29, 1.82) is 0 Å². The number of aromatic amines is 1. The average molecular weight is 265 g/mol. The highest BCUT2D eigenvalue weighted by Gasteiger charge is 2.15. The van der Waals surface area contributed by atoms with Crippen LogP contribution in [0.5, 0.6) is 0 Å². The van der Waals surface area contributed by atoms with Crippen LogP contribution in [0.4, 0.5) is 4.39 Å². The van der Waals surface area contributed by atoms with E-state index in [1.54, 1.807) is 12.3 Å². The highest BCUT2D eigenvalue weighted by Crippen LogP contribution is 2.23. The van der Waals surface area contributed by atoms with Crippen LogP contribution in [-0.4, -0.2) is 28.4 Å². The SMILES string of the molecule is CCOC(OCC)c1cc(-c2cncc(F)c2)n[nH]1. The summed E-state index contributed by atoms with van der Waals surface area (Å²) in [6.45, 7) is 4.83. The van der Waals surface area contributed by atoms with E-state index in [4.69, 9.17) is 9.47 Å². The molecule has 102 valence electrons. The van der Waals surface area contributed by atoms with Crippen molar-refractivity contribution < 1.29 is 13.9 Å². The van der Waals surface area contributed by atoms with Crippen LogP contribution in [0.2, 0.25) is 0 Å². The predicted molar refractivity (Wildman–Crippen MR) is 67.8 cm³/mol. The van der Waals surface area contributed by atoms with Gasteiger partial charge in [-0.25, -0.2) is 4.39 Å². The summed E-state index contributed by atoms with van der Waals surface area (Å²) in [4.78, 5) is 3.80. The second-order valence-electron chi connectivity index (χ2n) is 3.84. The summed E-state index contributed by atoms with van der Waals surface area (Å²) in [5.74, 6) is -0.395. The monoisotopic (exact) mass is 265 g/mol. The van der Waals surface area contributed by atoms with E-state index in [0.29, 0.717) is 30.2 Å². The predicted octanol–water partition coefficient (Wildman–Crippen LogP) is 2.68. The van der Waals surface area contributed by atoms with Crippen molar-refractivity contribution in [1.82, 2.24) is 15.2 Å². The quantitative estimate of drug-likeness (QED) is 0.816. The summed E-state index contributed by atoms with van der Waals surface area (Å²) in [6, 6.07) is 3.15. The molecule has 0 aromatic carbocycles. The van der Waals surface area contributed by atoms with Gasteiger partial charge in [0.15, 0.2) is 6.29 Å². The molecule has 19 heavy (non-hydrogen) atoms. The van der Waals surface area contributed by atoms with Crippen LogP contribution in [0.1, 0.15) is 25.8 Å². The molecular formula is C13H16FN3O2. The van der Waals surface area contributed by atoms with Gasteiger partial charge in [-0.1, -0.05) is 0 Å². The Morgan fingerprint density at radius 1 is 1.21 bits per heavy atom. The Morgan fingerprint density at radius 2 is 1.95 bits per heavy atom. The number of hydrogen-bond donors (Lipinski definition) is 1. The number of hydrogen-bond acceptors (Lipinski definition) is 4. The zero-order valence-electron chi connectivity index (χ0n) is 10.9. The van der Waals surface area contributed by atoms with Gasteiger partial charge in [0.2, 0.25) is 0 Å². The molecule has 1 N–H and O–H groups in total. The number of nitrogens with one attached hydrogen (secondary N) is 1. The first-order valence-corrected chi connectivity index (χ1v) is 6.14. The van der Waals surface area contributed by atoms with Gasteiger partial charge in [-0.15, -0.1) is 0 Å². The van der Waals surface area contributed by atoms with Gasteiger partial charge in [-0.3, -0.25) is 10.1 Å². The van der Waals surface area contributed by atoms with Crippen molar-refractivity contribution in [3.8, 4) is 11.3 Å². The minimum Gasteiger partial charge on any atom is -0.347 e. The fraction of sp³-hybridized carbons (Fsp3) is 0.385. The Kier molecular flexibility index (Phi) is 4.59. The molecule has 0 unspecified atom stereocenters. The van der Waals surface area contributed by atoms with Crippen LogP contribution in [0.25, 0.3) is 11.3 Å². The molecule has 0 aliphatic rings. The van der Waals surface area contributed by atoms with Crippen molar-refractivity contribution in [2.75, 3.05) is 13.2 Å². The van der Waals surface area contributed by atoms with E-state index in [9.17, 15) is 4.39 Å². The average Bonchev–Trinajstić information content (AvgIpc) is 2.88. The molecular weight excluding hydrogens is 249 g/mol. The van der Waals surface area contributed by atoms with Crippen LogP contribution in [0, 0.1) is 5.82 Å². The van der Waals surface area contributed by atoms with Crippen molar-refractivity contribution in [3.63, 3.8) is 0 Å². The Bertz CT molecular complexity index is 524. The lowest BCUT2D eigenvalue weighted by molar-refractivity contribution is -0.142. The number of pyridine rings is 1. The molecule has 6 heteroatoms. The van der Waals surface area contributed by atoms with Crippen molar-refractivity contribution in [2.45, 2.75) is 20.1 Å². The number of halogens is 1. The van der Waals surface area contributed by atoms with Crippen LogP contribution >= 0.6 is 0 Å². The summed E-state index contributed by atoms with van der Waals surface area (Å²) in [5, 5.41) is 6.96. The molecule has 0 spiro atoms. The number of aromatic nitrogens is 3. The lowest BCUT2D eigenvalue weighted by Crippen LogP contribution is -2.09. The van der Waals surface area contributed by atoms with E-state index in [0.717, 1.165) is 6.20 Å². The lowest BCUT2D eigenvalue weighted by atomic mass is 10.2. The molecule has 2 aromatic rings. The molecule has 2 aromatic heterocycles. The van der Waals surface area contributed by atoms with Gasteiger partial charge in [-0.05, 0) is 26.0 Å². The van der Waals surface area contributed by atoms with E-state index in [1.807, 2.05) is 13.8 Å². The van der Waals surface area contributed by atoms with Crippen LogP contribution in [0.3, 0.4) is 0 Å². The second kappa shape index (κ2) is 6.40. The Morgan fingerprint density at radius 3 is 2.58 bits per heavy atom. The molecule has 5 nitrogen and oxygen atoms in total. The van der Waals surface area contributed by atoms with E-state index < -0.39 is 12.1 Å². The molecule has 2 rings (SSSR count). The van der Waals surface area contributed by atoms with Crippen LogP contribution in [0.15, 0.2) is 24.5 Å². The summed E-state index contributed by atoms with van der Waals surface area (Å²) >= 11 is 0. The van der Waals surface area contributed by atoms with E-state index >= 15 is 0 Å². The number of ether oxygens (including phenoxy) is 2. The first kappa shape index (κ1) is 13.6. The normalized spacial score (nSPS) is 11.2. The summed E-state index contributed by atoms with van der Waals surface area (Å²) in [6.07, 6.45) is 2.22. The van der Waals surface area contributed by atoms with Gasteiger partial charge >= 0.3 is 0 Å². The van der Waals surface area contributed by atoms with Crippen molar-refractivity contribution in [2.24, 2.45) is 0 Å². The fourth-order valence-corrected chi connectivity index (χ4v) is 1.69. The lowest BCUT2D eigenvalue weighted by Gasteiger charge is -2.14. The molecule has 0 fully saturated rings. The third-order valence-corrected chi connectivity index (χ3v) is 2.49. The van der Waals surface area contributed by atoms with E-state index in [-0.39, 0.29) is 0 Å². The third kappa shape index (κ3) is 3.36. The summed E-state index contributed by atoms with van der Waals surface area (Å²) in [7, 11) is 0. The maximum Gasteiger partial charge on any atom is 0.200 e. The van der Waals surface area contributed by atoms with Gasteiger partial charge in [-0.2, -0.15) is 5.10 Å². The molecule has 0 atom stereocenters. The zero-order valence-corrected chi connectivity index (χ0v) is 10.9. The number of rotatable bonds is 6. The zero-order chi connectivity index (χ0) is 13.7. The molecule has 0 aliphatic carbocycles. The Labute approximate surface area is 110 Å². The molecule has 0 amide bonds. The summed E-state index contributed by atoms with van der Waals surface area (Å²) in [5.41, 5.74) is 1.91. The topological polar surface area (TPSA) is 60.0 Å². The standard InChI is InChI=1S/C13H16FN3O2/c1-3-18-13(19-4-2)12-6-11(16-17-12)9-5-10(14)8-15-7-9/h5-8,13H,3-4H2,1-2H3,(H,16,17). The molecule has 2 heterocycles. The van der Waals surface area contributed by atoms with Crippen LogP contribution < -0.4 is 0 Å². The highest BCUT2D eigenvalue weighted by molar-refractivity contribution is 5.57. The molecule has 0 aliphatic heterocycles. The largest absolute Gasteiger partial charge is 0.347 e. The van der Waals surface area contributed by atoms with Gasteiger partial charge in [0, 0.05) is 25.0 Å². The van der Waals surface area contributed by atoms with E-state index in [1.165, 1.54) is 6.07 Å². The molecule has 0 radical (unpaired) electrons. The maximum absolute atomic E-state index is 13.1.